The number of aryl methyl sites for hydroxylation is 1. The van der Waals surface area contributed by atoms with Crippen LogP contribution in [-0.4, -0.2) is 20.3 Å². The molecule has 0 atom stereocenters. The van der Waals surface area contributed by atoms with Crippen LogP contribution in [-0.2, 0) is 13.6 Å². The largest absolute Gasteiger partial charge is 0.366 e. The van der Waals surface area contributed by atoms with Crippen LogP contribution in [0.4, 0.5) is 4.39 Å². The first-order valence-corrected chi connectivity index (χ1v) is 7.66. The van der Waals surface area contributed by atoms with Gasteiger partial charge >= 0.3 is 5.69 Å². The van der Waals surface area contributed by atoms with Gasteiger partial charge in [0.2, 0.25) is 5.91 Å². The van der Waals surface area contributed by atoms with Crippen molar-refractivity contribution in [1.82, 2.24) is 14.3 Å². The number of nitrogens with zero attached hydrogens (tertiary/aromatic N) is 3. The molecule has 6 nitrogen and oxygen atoms in total. The Balaban J connectivity index is 1.97. The van der Waals surface area contributed by atoms with E-state index in [4.69, 9.17) is 5.73 Å². The molecule has 2 aromatic carbocycles. The summed E-state index contributed by atoms with van der Waals surface area (Å²) in [4.78, 5) is 23.5. The van der Waals surface area contributed by atoms with E-state index >= 15 is 0 Å². The van der Waals surface area contributed by atoms with E-state index in [2.05, 4.69) is 5.10 Å². The van der Waals surface area contributed by atoms with Crippen LogP contribution in [0.15, 0.2) is 47.3 Å². The molecule has 0 unspecified atom stereocenters. The van der Waals surface area contributed by atoms with Crippen molar-refractivity contribution in [3.8, 4) is 11.4 Å². The highest BCUT2D eigenvalue weighted by Gasteiger charge is 2.14. The molecule has 0 bridgehead atoms. The minimum absolute atomic E-state index is 0.0383. The molecule has 1 amide bonds. The highest BCUT2D eigenvalue weighted by molar-refractivity contribution is 5.92. The Labute approximate surface area is 143 Å². The lowest BCUT2D eigenvalue weighted by atomic mass is 10.1. The van der Waals surface area contributed by atoms with Crippen molar-refractivity contribution in [3.63, 3.8) is 0 Å². The number of benzene rings is 2. The predicted molar refractivity (Wildman–Crippen MR) is 91.7 cm³/mol. The molecule has 1 aromatic heterocycles. The van der Waals surface area contributed by atoms with E-state index in [-0.39, 0.29) is 23.4 Å². The molecule has 7 heteroatoms. The Kier molecular flexibility index (Phi) is 4.22. The summed E-state index contributed by atoms with van der Waals surface area (Å²) < 4.78 is 16.8. The Morgan fingerprint density at radius 1 is 1.20 bits per heavy atom. The summed E-state index contributed by atoms with van der Waals surface area (Å²) in [5, 5.41) is 4.31. The molecule has 0 aliphatic carbocycles. The van der Waals surface area contributed by atoms with Crippen molar-refractivity contribution < 1.29 is 9.18 Å². The van der Waals surface area contributed by atoms with Gasteiger partial charge in [0.05, 0.1) is 6.54 Å². The molecule has 2 N–H and O–H groups in total. The van der Waals surface area contributed by atoms with E-state index in [0.29, 0.717) is 5.82 Å². The van der Waals surface area contributed by atoms with E-state index in [1.807, 2.05) is 31.2 Å². The van der Waals surface area contributed by atoms with Crippen molar-refractivity contribution in [3.05, 3.63) is 75.5 Å². The SMILES string of the molecule is Cc1ccc(-c2nn(Cc3ccc(C(N)=O)cc3F)c(=O)n2C)cc1. The summed E-state index contributed by atoms with van der Waals surface area (Å²) in [7, 11) is 1.62. The second kappa shape index (κ2) is 6.35. The molecule has 128 valence electrons. The molecule has 0 spiro atoms. The highest BCUT2D eigenvalue weighted by Crippen LogP contribution is 2.16. The van der Waals surface area contributed by atoms with Crippen LogP contribution in [0.5, 0.6) is 0 Å². The number of hydrogen-bond acceptors (Lipinski definition) is 3. The third-order valence-corrected chi connectivity index (χ3v) is 4.01. The molecule has 25 heavy (non-hydrogen) atoms. The zero-order chi connectivity index (χ0) is 18.1. The smallest absolute Gasteiger partial charge is 0.346 e. The monoisotopic (exact) mass is 340 g/mol. The van der Waals surface area contributed by atoms with Crippen molar-refractivity contribution in [2.24, 2.45) is 12.8 Å². The van der Waals surface area contributed by atoms with Gasteiger partial charge in [0.15, 0.2) is 5.82 Å². The molecule has 1 heterocycles. The van der Waals surface area contributed by atoms with Crippen LogP contribution in [0.1, 0.15) is 21.5 Å². The normalized spacial score (nSPS) is 10.8. The van der Waals surface area contributed by atoms with Crippen LogP contribution < -0.4 is 11.4 Å². The number of aromatic nitrogens is 3. The fourth-order valence-corrected chi connectivity index (χ4v) is 2.54. The molecule has 0 radical (unpaired) electrons. The lowest BCUT2D eigenvalue weighted by Crippen LogP contribution is -2.24. The molecular formula is C18H17FN4O2. The highest BCUT2D eigenvalue weighted by atomic mass is 19.1. The molecule has 3 aromatic rings. The van der Waals surface area contributed by atoms with Crippen molar-refractivity contribution in [1.29, 1.82) is 0 Å². The Morgan fingerprint density at radius 3 is 2.48 bits per heavy atom. The molecular weight excluding hydrogens is 323 g/mol. The fourth-order valence-electron chi connectivity index (χ4n) is 2.54. The number of primary amides is 1. The minimum Gasteiger partial charge on any atom is -0.366 e. The van der Waals surface area contributed by atoms with E-state index in [9.17, 15) is 14.0 Å². The standard InChI is InChI=1S/C18H17FN4O2/c1-11-3-5-12(6-4-11)17-21-23(18(25)22(17)2)10-14-8-7-13(16(20)24)9-15(14)19/h3-9H,10H2,1-2H3,(H2,20,24). The summed E-state index contributed by atoms with van der Waals surface area (Å²) in [5.74, 6) is -0.813. The van der Waals surface area contributed by atoms with Gasteiger partial charge < -0.3 is 5.73 Å². The Hall–Kier alpha value is -3.22. The summed E-state index contributed by atoms with van der Waals surface area (Å²) in [6, 6.07) is 11.5. The maximum Gasteiger partial charge on any atom is 0.346 e. The molecule has 0 fully saturated rings. The van der Waals surface area contributed by atoms with E-state index in [0.717, 1.165) is 17.2 Å². The zero-order valence-electron chi connectivity index (χ0n) is 13.9. The molecule has 0 saturated carbocycles. The first-order valence-electron chi connectivity index (χ1n) is 7.66. The number of carbonyl (C=O) groups is 1. The van der Waals surface area contributed by atoms with Crippen molar-refractivity contribution in [2.45, 2.75) is 13.5 Å². The van der Waals surface area contributed by atoms with Gasteiger partial charge in [-0.25, -0.2) is 13.9 Å². The predicted octanol–water partition coefficient (Wildman–Crippen LogP) is 1.84. The summed E-state index contributed by atoms with van der Waals surface area (Å²) in [6.07, 6.45) is 0. The first-order chi connectivity index (χ1) is 11.9. The summed E-state index contributed by atoms with van der Waals surface area (Å²) >= 11 is 0. The van der Waals surface area contributed by atoms with Crippen LogP contribution in [0.2, 0.25) is 0 Å². The minimum atomic E-state index is -0.706. The lowest BCUT2D eigenvalue weighted by Gasteiger charge is -2.04. The van der Waals surface area contributed by atoms with Gasteiger partial charge in [-0.05, 0) is 19.1 Å². The topological polar surface area (TPSA) is 82.9 Å². The molecule has 3 rings (SSSR count). The number of amides is 1. The van der Waals surface area contributed by atoms with E-state index in [1.54, 1.807) is 7.05 Å². The van der Waals surface area contributed by atoms with Gasteiger partial charge in [-0.3, -0.25) is 9.36 Å². The quantitative estimate of drug-likeness (QED) is 0.787. The van der Waals surface area contributed by atoms with Gasteiger partial charge in [0, 0.05) is 23.7 Å². The van der Waals surface area contributed by atoms with Crippen LogP contribution >= 0.6 is 0 Å². The van der Waals surface area contributed by atoms with Gasteiger partial charge in [-0.2, -0.15) is 0 Å². The van der Waals surface area contributed by atoms with Crippen molar-refractivity contribution >= 4 is 5.91 Å². The van der Waals surface area contributed by atoms with Crippen LogP contribution in [0, 0.1) is 12.7 Å². The third-order valence-electron chi connectivity index (χ3n) is 4.01. The second-order valence-corrected chi connectivity index (χ2v) is 5.86. The zero-order valence-corrected chi connectivity index (χ0v) is 13.9. The Bertz CT molecular complexity index is 1000. The van der Waals surface area contributed by atoms with Crippen LogP contribution in [0.3, 0.4) is 0 Å². The second-order valence-electron chi connectivity index (χ2n) is 5.86. The maximum atomic E-state index is 14.1. The van der Waals surface area contributed by atoms with Gasteiger partial charge in [0.25, 0.3) is 0 Å². The molecule has 0 saturated heterocycles. The maximum absolute atomic E-state index is 14.1. The van der Waals surface area contributed by atoms with Gasteiger partial charge in [-0.1, -0.05) is 35.9 Å². The average molecular weight is 340 g/mol. The fraction of sp³-hybridized carbons (Fsp3) is 0.167. The molecule has 0 aliphatic rings. The number of hydrogen-bond donors (Lipinski definition) is 1. The average Bonchev–Trinajstić information content (AvgIpc) is 2.86. The Morgan fingerprint density at radius 2 is 1.88 bits per heavy atom. The first kappa shape index (κ1) is 16.6. The summed E-state index contributed by atoms with van der Waals surface area (Å²) in [6.45, 7) is 1.93. The number of nitrogens with two attached hydrogens (primary N) is 1. The van der Waals surface area contributed by atoms with Gasteiger partial charge in [0.1, 0.15) is 5.82 Å². The third kappa shape index (κ3) is 3.21. The molecule has 0 aliphatic heterocycles. The van der Waals surface area contributed by atoms with Crippen molar-refractivity contribution in [2.75, 3.05) is 0 Å². The lowest BCUT2D eigenvalue weighted by molar-refractivity contribution is 0.1000. The summed E-state index contributed by atoms with van der Waals surface area (Å²) in [5.41, 5.74) is 7.01. The van der Waals surface area contributed by atoms with Crippen LogP contribution in [0.25, 0.3) is 11.4 Å². The van der Waals surface area contributed by atoms with E-state index in [1.165, 1.54) is 21.4 Å². The number of rotatable bonds is 4. The number of halogens is 1. The van der Waals surface area contributed by atoms with E-state index < -0.39 is 11.7 Å². The number of carbonyl (C=O) groups excluding carboxylic acids is 1. The van der Waals surface area contributed by atoms with Gasteiger partial charge in [-0.15, -0.1) is 5.10 Å².